The summed E-state index contributed by atoms with van der Waals surface area (Å²) in [5.74, 6) is -0.0992. The Morgan fingerprint density at radius 2 is 1.28 bits per heavy atom. The molecule has 1 N–H and O–H groups in total. The average molecular weight is 358 g/mol. The third-order valence-corrected chi connectivity index (χ3v) is 4.07. The van der Waals surface area contributed by atoms with E-state index < -0.39 is 0 Å². The summed E-state index contributed by atoms with van der Waals surface area (Å²) in [4.78, 5) is 22.9. The van der Waals surface area contributed by atoms with Crippen LogP contribution in [0.4, 0.5) is 4.79 Å². The first-order valence-corrected chi connectivity index (χ1v) is 10.3. The molecule has 0 fully saturated rings. The number of unbranched alkanes of at least 4 members (excludes halogenated alkanes) is 9. The van der Waals surface area contributed by atoms with Gasteiger partial charge in [0, 0.05) is 13.0 Å². The number of carbonyl (C=O) groups excluding carboxylic acids is 2. The Hall–Kier alpha value is -1.26. The van der Waals surface area contributed by atoms with Gasteiger partial charge in [0.05, 0.1) is 13.2 Å². The number of alkyl carbamates (subject to hydrolysis) is 1. The first kappa shape index (κ1) is 23.7. The molecular weight excluding hydrogens is 318 g/mol. The molecule has 0 aromatic carbocycles. The van der Waals surface area contributed by atoms with E-state index in [1.54, 1.807) is 0 Å². The van der Waals surface area contributed by atoms with Crippen LogP contribution in [-0.2, 0) is 14.3 Å². The lowest BCUT2D eigenvalue weighted by Crippen LogP contribution is -2.25. The molecule has 0 saturated carbocycles. The molecule has 5 nitrogen and oxygen atoms in total. The fraction of sp³-hybridized carbons (Fsp3) is 0.900. The van der Waals surface area contributed by atoms with Crippen molar-refractivity contribution < 1.29 is 19.1 Å². The van der Waals surface area contributed by atoms with E-state index in [0.717, 1.165) is 44.9 Å². The molecule has 0 atom stereocenters. The van der Waals surface area contributed by atoms with E-state index in [2.05, 4.69) is 19.2 Å². The fourth-order valence-electron chi connectivity index (χ4n) is 2.44. The molecule has 0 aliphatic carbocycles. The molecule has 0 unspecified atom stereocenters. The number of ether oxygens (including phenoxy) is 2. The number of esters is 1. The molecule has 0 radical (unpaired) electrons. The van der Waals surface area contributed by atoms with Crippen molar-refractivity contribution in [2.75, 3.05) is 19.8 Å². The topological polar surface area (TPSA) is 64.6 Å². The van der Waals surface area contributed by atoms with Gasteiger partial charge in [0.1, 0.15) is 0 Å². The van der Waals surface area contributed by atoms with E-state index in [4.69, 9.17) is 9.47 Å². The van der Waals surface area contributed by atoms with Gasteiger partial charge < -0.3 is 14.8 Å². The van der Waals surface area contributed by atoms with Crippen molar-refractivity contribution in [3.05, 3.63) is 0 Å². The van der Waals surface area contributed by atoms with Crippen molar-refractivity contribution in [2.24, 2.45) is 0 Å². The van der Waals surface area contributed by atoms with Crippen molar-refractivity contribution in [1.29, 1.82) is 0 Å². The summed E-state index contributed by atoms with van der Waals surface area (Å²) in [7, 11) is 0. The zero-order chi connectivity index (χ0) is 18.6. The predicted octanol–water partition coefficient (Wildman–Crippen LogP) is 5.37. The van der Waals surface area contributed by atoms with Crippen LogP contribution in [0.15, 0.2) is 0 Å². The van der Waals surface area contributed by atoms with E-state index in [1.807, 2.05) is 0 Å². The molecule has 0 aliphatic rings. The molecular formula is C20H39NO4. The molecule has 1 amide bonds. The van der Waals surface area contributed by atoms with Gasteiger partial charge in [-0.3, -0.25) is 4.79 Å². The van der Waals surface area contributed by atoms with Gasteiger partial charge >= 0.3 is 12.1 Å². The third kappa shape index (κ3) is 18.9. The Balaban J connectivity index is 3.26. The quantitative estimate of drug-likeness (QED) is 0.281. The summed E-state index contributed by atoms with van der Waals surface area (Å²) in [6.07, 6.45) is 13.2. The van der Waals surface area contributed by atoms with Gasteiger partial charge in [-0.2, -0.15) is 0 Å². The molecule has 5 heteroatoms. The molecule has 25 heavy (non-hydrogen) atoms. The van der Waals surface area contributed by atoms with Gasteiger partial charge in [0.2, 0.25) is 0 Å². The highest BCUT2D eigenvalue weighted by molar-refractivity contribution is 5.69. The Labute approximate surface area is 154 Å². The third-order valence-electron chi connectivity index (χ3n) is 4.07. The van der Waals surface area contributed by atoms with Crippen LogP contribution < -0.4 is 5.32 Å². The van der Waals surface area contributed by atoms with Gasteiger partial charge in [-0.25, -0.2) is 4.79 Å². The number of carbonyl (C=O) groups is 2. The second kappa shape index (κ2) is 19.1. The maximum atomic E-state index is 11.6. The standard InChI is InChI=1S/C20H39NO4/c1-3-5-7-8-9-10-14-18-24-19(22)15-12-11-13-16-21-20(23)25-17-6-4-2/h3-18H2,1-2H3,(H,21,23). The molecule has 0 saturated heterocycles. The van der Waals surface area contributed by atoms with Gasteiger partial charge in [-0.15, -0.1) is 0 Å². The second-order valence-electron chi connectivity index (χ2n) is 6.57. The van der Waals surface area contributed by atoms with Crippen molar-refractivity contribution in [3.63, 3.8) is 0 Å². The van der Waals surface area contributed by atoms with Crippen LogP contribution in [0.5, 0.6) is 0 Å². The SMILES string of the molecule is CCCCCCCCCOC(=O)CCCCCNC(=O)OCCCC. The summed E-state index contributed by atoms with van der Waals surface area (Å²) in [5.41, 5.74) is 0. The van der Waals surface area contributed by atoms with Crippen LogP contribution in [0.25, 0.3) is 0 Å². The number of hydrogen-bond donors (Lipinski definition) is 1. The molecule has 0 aromatic heterocycles. The lowest BCUT2D eigenvalue weighted by Gasteiger charge is -2.07. The highest BCUT2D eigenvalue weighted by Gasteiger charge is 2.03. The summed E-state index contributed by atoms with van der Waals surface area (Å²) in [6.45, 7) is 5.90. The maximum Gasteiger partial charge on any atom is 0.407 e. The monoisotopic (exact) mass is 357 g/mol. The predicted molar refractivity (Wildman–Crippen MR) is 102 cm³/mol. The lowest BCUT2D eigenvalue weighted by atomic mass is 10.1. The smallest absolute Gasteiger partial charge is 0.407 e. The van der Waals surface area contributed by atoms with Gasteiger partial charge in [0.15, 0.2) is 0 Å². The zero-order valence-electron chi connectivity index (χ0n) is 16.4. The molecule has 0 heterocycles. The summed E-state index contributed by atoms with van der Waals surface area (Å²) >= 11 is 0. The van der Waals surface area contributed by atoms with Crippen LogP contribution in [0.2, 0.25) is 0 Å². The van der Waals surface area contributed by atoms with Crippen LogP contribution in [0.1, 0.15) is 97.3 Å². The Morgan fingerprint density at radius 1 is 0.680 bits per heavy atom. The minimum Gasteiger partial charge on any atom is -0.466 e. The number of hydrogen-bond acceptors (Lipinski definition) is 4. The van der Waals surface area contributed by atoms with E-state index in [9.17, 15) is 9.59 Å². The molecule has 148 valence electrons. The first-order valence-electron chi connectivity index (χ1n) is 10.3. The number of nitrogens with one attached hydrogen (secondary N) is 1. The van der Waals surface area contributed by atoms with E-state index in [0.29, 0.717) is 26.2 Å². The number of amides is 1. The van der Waals surface area contributed by atoms with E-state index in [-0.39, 0.29) is 12.1 Å². The van der Waals surface area contributed by atoms with Gasteiger partial charge in [0.25, 0.3) is 0 Å². The van der Waals surface area contributed by atoms with Crippen LogP contribution in [0.3, 0.4) is 0 Å². The zero-order valence-corrected chi connectivity index (χ0v) is 16.4. The molecule has 0 bridgehead atoms. The van der Waals surface area contributed by atoms with Crippen LogP contribution >= 0.6 is 0 Å². The summed E-state index contributed by atoms with van der Waals surface area (Å²) in [6, 6.07) is 0. The van der Waals surface area contributed by atoms with Gasteiger partial charge in [-0.1, -0.05) is 65.2 Å². The van der Waals surface area contributed by atoms with Crippen molar-refractivity contribution in [2.45, 2.75) is 97.3 Å². The Bertz CT molecular complexity index is 321. The normalized spacial score (nSPS) is 10.5. The maximum absolute atomic E-state index is 11.6. The van der Waals surface area contributed by atoms with Crippen molar-refractivity contribution >= 4 is 12.1 Å². The molecule has 0 aliphatic heterocycles. The molecule has 0 spiro atoms. The second-order valence-corrected chi connectivity index (χ2v) is 6.57. The molecule has 0 aromatic rings. The molecule has 0 rings (SSSR count). The first-order chi connectivity index (χ1) is 12.2. The fourth-order valence-corrected chi connectivity index (χ4v) is 2.44. The Morgan fingerprint density at radius 3 is 2.00 bits per heavy atom. The summed E-state index contributed by atoms with van der Waals surface area (Å²) in [5, 5.41) is 2.72. The minimum atomic E-state index is -0.345. The van der Waals surface area contributed by atoms with Crippen LogP contribution in [-0.4, -0.2) is 31.8 Å². The minimum absolute atomic E-state index is 0.0992. The lowest BCUT2D eigenvalue weighted by molar-refractivity contribution is -0.143. The van der Waals surface area contributed by atoms with Crippen molar-refractivity contribution in [3.8, 4) is 0 Å². The van der Waals surface area contributed by atoms with Gasteiger partial charge in [-0.05, 0) is 25.7 Å². The van der Waals surface area contributed by atoms with Crippen molar-refractivity contribution in [1.82, 2.24) is 5.32 Å². The average Bonchev–Trinajstić information content (AvgIpc) is 2.60. The highest BCUT2D eigenvalue weighted by atomic mass is 16.5. The van der Waals surface area contributed by atoms with E-state index in [1.165, 1.54) is 32.1 Å². The van der Waals surface area contributed by atoms with E-state index >= 15 is 0 Å². The highest BCUT2D eigenvalue weighted by Crippen LogP contribution is 2.07. The largest absolute Gasteiger partial charge is 0.466 e. The summed E-state index contributed by atoms with van der Waals surface area (Å²) < 4.78 is 10.2. The number of rotatable bonds is 17. The van der Waals surface area contributed by atoms with Crippen LogP contribution in [0, 0.1) is 0 Å². The Kier molecular flexibility index (Phi) is 18.1.